The van der Waals surface area contributed by atoms with Crippen molar-refractivity contribution in [2.45, 2.75) is 78.8 Å². The van der Waals surface area contributed by atoms with Crippen molar-refractivity contribution < 1.29 is 0 Å². The summed E-state index contributed by atoms with van der Waals surface area (Å²) >= 11 is 0. The Bertz CT molecular complexity index is 324. The summed E-state index contributed by atoms with van der Waals surface area (Å²) in [6, 6.07) is 1.43. The summed E-state index contributed by atoms with van der Waals surface area (Å²) in [6.45, 7) is 12.4. The van der Waals surface area contributed by atoms with Crippen molar-refractivity contribution in [1.82, 2.24) is 5.32 Å². The van der Waals surface area contributed by atoms with E-state index < -0.39 is 0 Å². The highest BCUT2D eigenvalue weighted by atomic mass is 15.0. The first kappa shape index (κ1) is 12.0. The van der Waals surface area contributed by atoms with Crippen molar-refractivity contribution >= 4 is 0 Å². The van der Waals surface area contributed by atoms with Crippen LogP contribution >= 0.6 is 0 Å². The van der Waals surface area contributed by atoms with Crippen molar-refractivity contribution in [3.8, 4) is 0 Å². The van der Waals surface area contributed by atoms with Gasteiger partial charge in [0, 0.05) is 12.1 Å². The second-order valence-corrected chi connectivity index (χ2v) is 8.39. The van der Waals surface area contributed by atoms with Crippen LogP contribution in [-0.2, 0) is 0 Å². The standard InChI is InChI=1S/C16H29N/c1-11(15(4)8-9-15)17-13-14(2,3)12-6-7-16(13,5)10-12/h11-13,17H,6-10H2,1-5H3. The van der Waals surface area contributed by atoms with Gasteiger partial charge in [-0.3, -0.25) is 0 Å². The van der Waals surface area contributed by atoms with Crippen LogP contribution in [0.2, 0.25) is 0 Å². The predicted molar refractivity (Wildman–Crippen MR) is 73.0 cm³/mol. The molecule has 3 saturated carbocycles. The lowest BCUT2D eigenvalue weighted by Gasteiger charge is -2.45. The van der Waals surface area contributed by atoms with Gasteiger partial charge >= 0.3 is 0 Å². The number of nitrogens with one attached hydrogen (secondary N) is 1. The monoisotopic (exact) mass is 235 g/mol. The Morgan fingerprint density at radius 2 is 1.71 bits per heavy atom. The van der Waals surface area contributed by atoms with E-state index in [9.17, 15) is 0 Å². The molecule has 2 bridgehead atoms. The van der Waals surface area contributed by atoms with E-state index in [-0.39, 0.29) is 0 Å². The fraction of sp³-hybridized carbons (Fsp3) is 1.00. The minimum absolute atomic E-state index is 0.506. The average Bonchev–Trinajstić information content (AvgIpc) is 2.80. The Hall–Kier alpha value is -0.0400. The summed E-state index contributed by atoms with van der Waals surface area (Å²) in [5.41, 5.74) is 1.69. The van der Waals surface area contributed by atoms with Gasteiger partial charge in [-0.15, -0.1) is 0 Å². The third kappa shape index (κ3) is 1.61. The Morgan fingerprint density at radius 3 is 2.18 bits per heavy atom. The molecule has 3 rings (SSSR count). The van der Waals surface area contributed by atoms with Crippen LogP contribution in [0.3, 0.4) is 0 Å². The highest BCUT2D eigenvalue weighted by molar-refractivity contribution is 5.13. The first-order valence-electron chi connectivity index (χ1n) is 7.54. The zero-order chi connectivity index (χ0) is 12.5. The Balaban J connectivity index is 1.78. The second-order valence-electron chi connectivity index (χ2n) is 8.39. The van der Waals surface area contributed by atoms with Crippen LogP contribution in [-0.4, -0.2) is 12.1 Å². The molecule has 98 valence electrons. The molecule has 0 spiro atoms. The van der Waals surface area contributed by atoms with Gasteiger partial charge in [-0.2, -0.15) is 0 Å². The maximum Gasteiger partial charge on any atom is 0.0177 e. The lowest BCUT2D eigenvalue weighted by atomic mass is 9.68. The first-order valence-corrected chi connectivity index (χ1v) is 7.54. The zero-order valence-electron chi connectivity index (χ0n) is 12.3. The van der Waals surface area contributed by atoms with Crippen LogP contribution in [0.15, 0.2) is 0 Å². The van der Waals surface area contributed by atoms with E-state index in [1.165, 1.54) is 32.1 Å². The lowest BCUT2D eigenvalue weighted by Crippen LogP contribution is -2.54. The van der Waals surface area contributed by atoms with Crippen LogP contribution in [0.25, 0.3) is 0 Å². The smallest absolute Gasteiger partial charge is 0.0177 e. The average molecular weight is 235 g/mol. The van der Waals surface area contributed by atoms with Gasteiger partial charge < -0.3 is 5.32 Å². The summed E-state index contributed by atoms with van der Waals surface area (Å²) in [4.78, 5) is 0. The molecule has 1 heteroatoms. The minimum atomic E-state index is 0.506. The largest absolute Gasteiger partial charge is 0.310 e. The molecule has 4 unspecified atom stereocenters. The van der Waals surface area contributed by atoms with Crippen LogP contribution < -0.4 is 5.32 Å². The van der Waals surface area contributed by atoms with E-state index in [1.807, 2.05) is 0 Å². The lowest BCUT2D eigenvalue weighted by molar-refractivity contribution is 0.0910. The van der Waals surface area contributed by atoms with E-state index >= 15 is 0 Å². The number of rotatable bonds is 3. The van der Waals surface area contributed by atoms with Gasteiger partial charge in [-0.25, -0.2) is 0 Å². The van der Waals surface area contributed by atoms with E-state index in [1.54, 1.807) is 0 Å². The molecular weight excluding hydrogens is 206 g/mol. The Morgan fingerprint density at radius 1 is 1.06 bits per heavy atom. The van der Waals surface area contributed by atoms with E-state index in [0.717, 1.165) is 12.0 Å². The fourth-order valence-electron chi connectivity index (χ4n) is 4.80. The highest BCUT2D eigenvalue weighted by Crippen LogP contribution is 2.63. The van der Waals surface area contributed by atoms with Crippen LogP contribution in [0.4, 0.5) is 0 Å². The molecule has 1 nitrogen and oxygen atoms in total. The molecule has 0 saturated heterocycles. The molecular formula is C16H29N. The van der Waals surface area contributed by atoms with Crippen LogP contribution in [0.1, 0.15) is 66.7 Å². The number of hydrogen-bond donors (Lipinski definition) is 1. The van der Waals surface area contributed by atoms with E-state index in [0.29, 0.717) is 22.3 Å². The highest BCUT2D eigenvalue weighted by Gasteiger charge is 2.60. The molecule has 0 aromatic heterocycles. The summed E-state index contributed by atoms with van der Waals surface area (Å²) in [7, 11) is 0. The third-order valence-electron chi connectivity index (χ3n) is 6.77. The molecule has 0 heterocycles. The predicted octanol–water partition coefficient (Wildman–Crippen LogP) is 3.98. The third-order valence-corrected chi connectivity index (χ3v) is 6.77. The van der Waals surface area contributed by atoms with Crippen molar-refractivity contribution in [1.29, 1.82) is 0 Å². The summed E-state index contributed by atoms with van der Waals surface area (Å²) in [6.07, 6.45) is 7.22. The van der Waals surface area contributed by atoms with Gasteiger partial charge in [0.05, 0.1) is 0 Å². The SMILES string of the molecule is CC(NC1C2(C)CCC(C2)C1(C)C)C1(C)CC1. The van der Waals surface area contributed by atoms with E-state index in [2.05, 4.69) is 39.9 Å². The van der Waals surface area contributed by atoms with E-state index in [4.69, 9.17) is 0 Å². The van der Waals surface area contributed by atoms with Gasteiger partial charge in [-0.1, -0.05) is 27.7 Å². The van der Waals surface area contributed by atoms with Crippen molar-refractivity contribution in [2.24, 2.45) is 22.2 Å². The van der Waals surface area contributed by atoms with Gasteiger partial charge in [-0.05, 0) is 61.2 Å². The van der Waals surface area contributed by atoms with Gasteiger partial charge in [0.15, 0.2) is 0 Å². The molecule has 3 aliphatic carbocycles. The molecule has 3 fully saturated rings. The van der Waals surface area contributed by atoms with Crippen molar-refractivity contribution in [2.75, 3.05) is 0 Å². The maximum absolute atomic E-state index is 4.04. The van der Waals surface area contributed by atoms with Gasteiger partial charge in [0.25, 0.3) is 0 Å². The molecule has 17 heavy (non-hydrogen) atoms. The summed E-state index contributed by atoms with van der Waals surface area (Å²) in [5.74, 6) is 0.962. The summed E-state index contributed by atoms with van der Waals surface area (Å²) in [5, 5.41) is 4.04. The topological polar surface area (TPSA) is 12.0 Å². The van der Waals surface area contributed by atoms with Gasteiger partial charge in [0.1, 0.15) is 0 Å². The first-order chi connectivity index (χ1) is 7.78. The quantitative estimate of drug-likeness (QED) is 0.780. The molecule has 0 aliphatic heterocycles. The second kappa shape index (κ2) is 3.29. The van der Waals surface area contributed by atoms with Crippen LogP contribution in [0.5, 0.6) is 0 Å². The molecule has 1 N–H and O–H groups in total. The fourth-order valence-corrected chi connectivity index (χ4v) is 4.80. The molecule has 0 radical (unpaired) electrons. The Kier molecular flexibility index (Phi) is 2.32. The molecule has 0 aromatic carbocycles. The maximum atomic E-state index is 4.04. The molecule has 4 atom stereocenters. The molecule has 3 aliphatic rings. The summed E-state index contributed by atoms with van der Waals surface area (Å²) < 4.78 is 0. The molecule has 0 amide bonds. The zero-order valence-corrected chi connectivity index (χ0v) is 12.3. The molecule has 0 aromatic rings. The van der Waals surface area contributed by atoms with Crippen molar-refractivity contribution in [3.63, 3.8) is 0 Å². The normalized spacial score (nSPS) is 47.1. The van der Waals surface area contributed by atoms with Crippen LogP contribution in [0, 0.1) is 22.2 Å². The number of fused-ring (bicyclic) bond motifs is 2. The minimum Gasteiger partial charge on any atom is -0.310 e. The Labute approximate surface area is 107 Å². The number of hydrogen-bond acceptors (Lipinski definition) is 1. The van der Waals surface area contributed by atoms with Crippen molar-refractivity contribution in [3.05, 3.63) is 0 Å². The van der Waals surface area contributed by atoms with Gasteiger partial charge in [0.2, 0.25) is 0 Å².